The molecule has 1 aromatic carbocycles. The summed E-state index contributed by atoms with van der Waals surface area (Å²) in [6.45, 7) is 0.747. The molecular weight excluding hydrogens is 322 g/mol. The Morgan fingerprint density at radius 2 is 2.25 bits per heavy atom. The zero-order valence-electron chi connectivity index (χ0n) is 11.3. The average molecular weight is 340 g/mol. The number of anilines is 2. The summed E-state index contributed by atoms with van der Waals surface area (Å²) < 4.78 is 0.966. The first-order valence-electron chi connectivity index (χ1n) is 6.84. The van der Waals surface area contributed by atoms with E-state index in [0.717, 1.165) is 34.3 Å². The molecule has 1 heterocycles. The minimum atomic E-state index is -0.289. The number of benzene rings is 1. The zero-order chi connectivity index (χ0) is 14.3. The number of aliphatic hydroxyl groups is 1. The second kappa shape index (κ2) is 5.35. The van der Waals surface area contributed by atoms with Crippen molar-refractivity contribution in [3.63, 3.8) is 0 Å². The molecule has 1 fully saturated rings. The van der Waals surface area contributed by atoms with E-state index in [1.807, 2.05) is 12.1 Å². The first-order chi connectivity index (χ1) is 9.65. The van der Waals surface area contributed by atoms with Crippen molar-refractivity contribution in [1.82, 2.24) is 5.32 Å². The molecule has 2 aliphatic rings. The minimum Gasteiger partial charge on any atom is -0.395 e. The van der Waals surface area contributed by atoms with Gasteiger partial charge in [0.05, 0.1) is 12.3 Å². The Morgan fingerprint density at radius 1 is 1.50 bits per heavy atom. The predicted molar refractivity (Wildman–Crippen MR) is 82.0 cm³/mol. The maximum atomic E-state index is 11.9. The molecule has 1 amide bonds. The molecule has 5 nitrogen and oxygen atoms in total. The summed E-state index contributed by atoms with van der Waals surface area (Å²) in [5.74, 6) is -0.0216. The van der Waals surface area contributed by atoms with E-state index >= 15 is 0 Å². The molecule has 1 atom stereocenters. The maximum absolute atomic E-state index is 11.9. The van der Waals surface area contributed by atoms with Gasteiger partial charge in [-0.3, -0.25) is 4.79 Å². The number of amides is 1. The van der Waals surface area contributed by atoms with Gasteiger partial charge in [-0.25, -0.2) is 0 Å². The summed E-state index contributed by atoms with van der Waals surface area (Å²) in [6.07, 6.45) is 2.32. The highest BCUT2D eigenvalue weighted by Crippen LogP contribution is 2.42. The van der Waals surface area contributed by atoms with Crippen LogP contribution in [-0.2, 0) is 4.79 Å². The predicted octanol–water partition coefficient (Wildman–Crippen LogP) is 1.62. The van der Waals surface area contributed by atoms with Crippen molar-refractivity contribution in [2.45, 2.75) is 24.9 Å². The fourth-order valence-corrected chi connectivity index (χ4v) is 3.36. The molecule has 3 rings (SSSR count). The van der Waals surface area contributed by atoms with Crippen molar-refractivity contribution < 1.29 is 9.90 Å². The molecule has 6 heteroatoms. The van der Waals surface area contributed by atoms with Gasteiger partial charge in [0.2, 0.25) is 5.91 Å². The molecule has 3 N–H and O–H groups in total. The third kappa shape index (κ3) is 2.32. The Labute approximate surface area is 126 Å². The first-order valence-corrected chi connectivity index (χ1v) is 7.64. The van der Waals surface area contributed by atoms with Crippen molar-refractivity contribution in [3.8, 4) is 0 Å². The van der Waals surface area contributed by atoms with Gasteiger partial charge in [-0.2, -0.15) is 0 Å². The molecule has 0 spiro atoms. The molecule has 1 aliphatic carbocycles. The van der Waals surface area contributed by atoms with Crippen LogP contribution < -0.4 is 15.5 Å². The van der Waals surface area contributed by atoms with Crippen LogP contribution >= 0.6 is 15.9 Å². The van der Waals surface area contributed by atoms with Crippen molar-refractivity contribution in [2.75, 3.05) is 30.4 Å². The van der Waals surface area contributed by atoms with Gasteiger partial charge in [-0.15, -0.1) is 0 Å². The van der Waals surface area contributed by atoms with Crippen LogP contribution in [0.2, 0.25) is 0 Å². The molecule has 0 radical (unpaired) electrons. The minimum absolute atomic E-state index is 0.0216. The molecule has 0 bridgehead atoms. The van der Waals surface area contributed by atoms with Gasteiger partial charge in [0, 0.05) is 28.3 Å². The Bertz CT molecular complexity index is 545. The highest BCUT2D eigenvalue weighted by atomic mass is 79.9. The number of halogens is 1. The van der Waals surface area contributed by atoms with Gasteiger partial charge in [0.25, 0.3) is 0 Å². The number of nitrogens with zero attached hydrogens (tertiary/aromatic N) is 1. The summed E-state index contributed by atoms with van der Waals surface area (Å²) in [7, 11) is 1.78. The van der Waals surface area contributed by atoms with Gasteiger partial charge >= 0.3 is 0 Å². The number of rotatable bonds is 5. The van der Waals surface area contributed by atoms with E-state index in [-0.39, 0.29) is 18.6 Å². The molecule has 1 aromatic rings. The number of carbonyl (C=O) groups excluding carboxylic acids is 1. The van der Waals surface area contributed by atoms with Crippen LogP contribution in [0.3, 0.4) is 0 Å². The highest BCUT2D eigenvalue weighted by molar-refractivity contribution is 9.10. The lowest BCUT2D eigenvalue weighted by Crippen LogP contribution is -2.29. The number of carbonyl (C=O) groups is 1. The number of aliphatic hydroxyl groups excluding tert-OH is 1. The highest BCUT2D eigenvalue weighted by Gasteiger charge is 2.34. The van der Waals surface area contributed by atoms with Gasteiger partial charge in [-0.1, -0.05) is 0 Å². The zero-order valence-corrected chi connectivity index (χ0v) is 12.9. The number of fused-ring (bicyclic) bond motifs is 1. The summed E-state index contributed by atoms with van der Waals surface area (Å²) in [5.41, 5.74) is 2.86. The normalized spacial score (nSPS) is 20.8. The monoisotopic (exact) mass is 339 g/mol. The van der Waals surface area contributed by atoms with Crippen molar-refractivity contribution in [3.05, 3.63) is 22.2 Å². The largest absolute Gasteiger partial charge is 0.395 e. The third-order valence-electron chi connectivity index (χ3n) is 3.88. The molecular formula is C14H18BrN3O2. The van der Waals surface area contributed by atoms with Crippen molar-refractivity contribution in [2.24, 2.45) is 0 Å². The molecule has 1 saturated carbocycles. The van der Waals surface area contributed by atoms with E-state index in [2.05, 4.69) is 31.5 Å². The Kier molecular flexibility index (Phi) is 3.70. The number of hydrogen-bond acceptors (Lipinski definition) is 4. The average Bonchev–Trinajstić information content (AvgIpc) is 3.20. The summed E-state index contributed by atoms with van der Waals surface area (Å²) in [4.78, 5) is 14.1. The maximum Gasteiger partial charge on any atom is 0.246 e. The molecule has 1 aliphatic heterocycles. The van der Waals surface area contributed by atoms with Gasteiger partial charge in [0.15, 0.2) is 0 Å². The van der Waals surface area contributed by atoms with Gasteiger partial charge < -0.3 is 20.6 Å². The molecule has 108 valence electrons. The molecule has 0 aromatic heterocycles. The lowest BCUT2D eigenvalue weighted by atomic mass is 10.1. The second-order valence-electron chi connectivity index (χ2n) is 5.25. The Morgan fingerprint density at radius 3 is 2.85 bits per heavy atom. The van der Waals surface area contributed by atoms with Crippen LogP contribution in [-0.4, -0.2) is 37.3 Å². The molecule has 0 saturated heterocycles. The first kappa shape index (κ1) is 13.9. The smallest absolute Gasteiger partial charge is 0.246 e. The van der Waals surface area contributed by atoms with Crippen LogP contribution in [0.4, 0.5) is 11.4 Å². The lowest BCUT2D eigenvalue weighted by molar-refractivity contribution is -0.117. The molecule has 20 heavy (non-hydrogen) atoms. The second-order valence-corrected chi connectivity index (χ2v) is 6.10. The Balaban J connectivity index is 1.98. The van der Waals surface area contributed by atoms with Crippen molar-refractivity contribution in [1.29, 1.82) is 0 Å². The van der Waals surface area contributed by atoms with E-state index in [1.54, 1.807) is 7.05 Å². The summed E-state index contributed by atoms with van der Waals surface area (Å²) in [5, 5.41) is 15.2. The summed E-state index contributed by atoms with van der Waals surface area (Å²) in [6, 6.07) is 4.22. The topological polar surface area (TPSA) is 64.6 Å². The van der Waals surface area contributed by atoms with Crippen LogP contribution in [0.25, 0.3) is 0 Å². The number of likely N-dealkylation sites (N-methyl/N-ethyl adjacent to an activating group) is 1. The van der Waals surface area contributed by atoms with Crippen LogP contribution in [0.5, 0.6) is 0 Å². The van der Waals surface area contributed by atoms with E-state index in [0.29, 0.717) is 12.6 Å². The van der Waals surface area contributed by atoms with Crippen LogP contribution in [0.1, 0.15) is 24.4 Å². The van der Waals surface area contributed by atoms with Gasteiger partial charge in [0.1, 0.15) is 6.04 Å². The standard InChI is InChI=1S/C14H18BrN3O2/c1-16-13-9-6-10(15)12(7-11(9)17-14(13)20)18(4-5-19)8-2-3-8/h6-8,13,16,19H,2-5H2,1H3,(H,17,20). The Hall–Kier alpha value is -1.11. The van der Waals surface area contributed by atoms with E-state index < -0.39 is 0 Å². The van der Waals surface area contributed by atoms with E-state index in [1.165, 1.54) is 0 Å². The number of hydrogen-bond donors (Lipinski definition) is 3. The quantitative estimate of drug-likeness (QED) is 0.762. The lowest BCUT2D eigenvalue weighted by Gasteiger charge is -2.25. The van der Waals surface area contributed by atoms with Crippen molar-refractivity contribution >= 4 is 33.2 Å². The number of nitrogens with one attached hydrogen (secondary N) is 2. The SMILES string of the molecule is CNC1C(=O)Nc2cc(N(CCO)C3CC3)c(Br)cc21. The van der Waals surface area contributed by atoms with Crippen LogP contribution in [0, 0.1) is 0 Å². The van der Waals surface area contributed by atoms with E-state index in [4.69, 9.17) is 0 Å². The van der Waals surface area contributed by atoms with Gasteiger partial charge in [-0.05, 0) is 48.0 Å². The summed E-state index contributed by atoms with van der Waals surface area (Å²) >= 11 is 3.60. The van der Waals surface area contributed by atoms with E-state index in [9.17, 15) is 9.90 Å². The van der Waals surface area contributed by atoms with Crippen LogP contribution in [0.15, 0.2) is 16.6 Å². The fraction of sp³-hybridized carbons (Fsp3) is 0.500. The molecule has 1 unspecified atom stereocenters. The fourth-order valence-electron chi connectivity index (χ4n) is 2.77. The third-order valence-corrected chi connectivity index (χ3v) is 4.51.